The minimum Gasteiger partial charge on any atom is -0.352 e. The molecule has 0 aliphatic rings. The molecule has 0 aromatic heterocycles. The molecule has 0 bridgehead atoms. The van der Waals surface area contributed by atoms with Crippen molar-refractivity contribution in [1.29, 1.82) is 0 Å². The molecule has 2 aromatic carbocycles. The zero-order valence-electron chi connectivity index (χ0n) is 16.4. The van der Waals surface area contributed by atoms with Crippen LogP contribution < -0.4 is 5.32 Å². The molecule has 150 valence electrons. The molecule has 0 spiro atoms. The van der Waals surface area contributed by atoms with Gasteiger partial charge in [-0.05, 0) is 49.6 Å². The molecule has 2 amide bonds. The van der Waals surface area contributed by atoms with E-state index in [1.165, 1.54) is 17.0 Å². The Morgan fingerprint density at radius 2 is 1.75 bits per heavy atom. The van der Waals surface area contributed by atoms with Gasteiger partial charge in [0.2, 0.25) is 11.8 Å². The van der Waals surface area contributed by atoms with Crippen molar-refractivity contribution in [1.82, 2.24) is 10.2 Å². The maximum Gasteiger partial charge on any atom is 0.242 e. The highest BCUT2D eigenvalue weighted by atomic mass is 35.5. The predicted molar refractivity (Wildman–Crippen MR) is 109 cm³/mol. The van der Waals surface area contributed by atoms with Gasteiger partial charge in [-0.3, -0.25) is 9.59 Å². The van der Waals surface area contributed by atoms with E-state index < -0.39 is 6.04 Å². The van der Waals surface area contributed by atoms with Crippen molar-refractivity contribution < 1.29 is 14.0 Å². The fourth-order valence-electron chi connectivity index (χ4n) is 2.74. The van der Waals surface area contributed by atoms with Crippen molar-refractivity contribution in [2.75, 3.05) is 0 Å². The molecule has 0 aliphatic heterocycles. The Hall–Kier alpha value is -2.40. The summed E-state index contributed by atoms with van der Waals surface area (Å²) < 4.78 is 13.2. The number of carbonyl (C=O) groups is 2. The second-order valence-corrected chi connectivity index (χ2v) is 7.32. The Morgan fingerprint density at radius 1 is 1.11 bits per heavy atom. The molecule has 0 heterocycles. The molecule has 0 unspecified atom stereocenters. The molecule has 0 radical (unpaired) electrons. The quantitative estimate of drug-likeness (QED) is 0.710. The standard InChI is InChI=1S/C22H26ClFN2O2/c1-4-15(2)25-22(28)16(3)26(14-17-9-11-19(24)12-10-17)21(27)13-18-7-5-6-8-20(18)23/h5-12,15-16H,4,13-14H2,1-3H3,(H,25,28)/t15-,16+/m0/s1. The van der Waals surface area contributed by atoms with Crippen LogP contribution in [0.25, 0.3) is 0 Å². The summed E-state index contributed by atoms with van der Waals surface area (Å²) >= 11 is 6.19. The van der Waals surface area contributed by atoms with Crippen LogP contribution in [-0.2, 0) is 22.6 Å². The van der Waals surface area contributed by atoms with Gasteiger partial charge in [0.15, 0.2) is 0 Å². The Bertz CT molecular complexity index is 810. The van der Waals surface area contributed by atoms with Crippen molar-refractivity contribution in [3.8, 4) is 0 Å². The Balaban J connectivity index is 2.23. The van der Waals surface area contributed by atoms with Crippen molar-refractivity contribution in [2.45, 2.75) is 52.2 Å². The summed E-state index contributed by atoms with van der Waals surface area (Å²) in [5, 5.41) is 3.42. The lowest BCUT2D eigenvalue weighted by Crippen LogP contribution is -2.49. The molecule has 28 heavy (non-hydrogen) atoms. The first-order valence-corrected chi connectivity index (χ1v) is 9.77. The summed E-state index contributed by atoms with van der Waals surface area (Å²) in [6.45, 7) is 5.80. The highest BCUT2D eigenvalue weighted by molar-refractivity contribution is 6.31. The van der Waals surface area contributed by atoms with Crippen molar-refractivity contribution in [3.63, 3.8) is 0 Å². The van der Waals surface area contributed by atoms with E-state index >= 15 is 0 Å². The van der Waals surface area contributed by atoms with Gasteiger partial charge in [0.25, 0.3) is 0 Å². The normalized spacial score (nSPS) is 12.9. The fourth-order valence-corrected chi connectivity index (χ4v) is 2.94. The number of amides is 2. The maximum atomic E-state index is 13.2. The van der Waals surface area contributed by atoms with E-state index in [2.05, 4.69) is 5.32 Å². The lowest BCUT2D eigenvalue weighted by molar-refractivity contribution is -0.140. The summed E-state index contributed by atoms with van der Waals surface area (Å²) in [6, 6.07) is 12.4. The first-order valence-electron chi connectivity index (χ1n) is 9.39. The molecular weight excluding hydrogens is 379 g/mol. The fraction of sp³-hybridized carbons (Fsp3) is 0.364. The zero-order chi connectivity index (χ0) is 20.7. The van der Waals surface area contributed by atoms with Gasteiger partial charge in [-0.15, -0.1) is 0 Å². The maximum absolute atomic E-state index is 13.2. The third kappa shape index (κ3) is 6.06. The summed E-state index contributed by atoms with van der Waals surface area (Å²) in [4.78, 5) is 27.2. The van der Waals surface area contributed by atoms with E-state index in [1.807, 2.05) is 19.9 Å². The van der Waals surface area contributed by atoms with Crippen LogP contribution in [0.1, 0.15) is 38.3 Å². The van der Waals surface area contributed by atoms with E-state index in [4.69, 9.17) is 11.6 Å². The van der Waals surface area contributed by atoms with Gasteiger partial charge in [0, 0.05) is 17.6 Å². The van der Waals surface area contributed by atoms with E-state index in [9.17, 15) is 14.0 Å². The van der Waals surface area contributed by atoms with E-state index in [-0.39, 0.29) is 36.6 Å². The number of nitrogens with zero attached hydrogens (tertiary/aromatic N) is 1. The second kappa shape index (κ2) is 10.2. The van der Waals surface area contributed by atoms with E-state index in [1.54, 1.807) is 37.3 Å². The molecule has 0 aliphatic carbocycles. The number of rotatable bonds is 8. The van der Waals surface area contributed by atoms with Crippen LogP contribution in [0.5, 0.6) is 0 Å². The predicted octanol–water partition coefficient (Wildman–Crippen LogP) is 4.35. The van der Waals surface area contributed by atoms with Crippen LogP contribution in [0.2, 0.25) is 5.02 Å². The van der Waals surface area contributed by atoms with Gasteiger partial charge < -0.3 is 10.2 Å². The first-order chi connectivity index (χ1) is 13.3. The Labute approximate surface area is 170 Å². The van der Waals surface area contributed by atoms with Gasteiger partial charge >= 0.3 is 0 Å². The number of hydrogen-bond acceptors (Lipinski definition) is 2. The summed E-state index contributed by atoms with van der Waals surface area (Å²) in [5.74, 6) is -0.784. The van der Waals surface area contributed by atoms with Crippen molar-refractivity contribution >= 4 is 23.4 Å². The van der Waals surface area contributed by atoms with Crippen LogP contribution in [0.3, 0.4) is 0 Å². The number of nitrogens with one attached hydrogen (secondary N) is 1. The van der Waals surface area contributed by atoms with E-state index in [0.717, 1.165) is 12.0 Å². The summed E-state index contributed by atoms with van der Waals surface area (Å²) in [6.07, 6.45) is 0.881. The average Bonchev–Trinajstić information content (AvgIpc) is 2.68. The lowest BCUT2D eigenvalue weighted by Gasteiger charge is -2.30. The molecule has 0 fully saturated rings. The van der Waals surface area contributed by atoms with Crippen molar-refractivity contribution in [2.24, 2.45) is 0 Å². The number of hydrogen-bond donors (Lipinski definition) is 1. The van der Waals surface area contributed by atoms with Crippen LogP contribution in [-0.4, -0.2) is 28.8 Å². The van der Waals surface area contributed by atoms with Crippen LogP contribution in [0.4, 0.5) is 4.39 Å². The molecule has 2 aromatic rings. The highest BCUT2D eigenvalue weighted by Crippen LogP contribution is 2.18. The van der Waals surface area contributed by atoms with Crippen LogP contribution in [0.15, 0.2) is 48.5 Å². The molecule has 6 heteroatoms. The third-order valence-electron chi connectivity index (χ3n) is 4.73. The average molecular weight is 405 g/mol. The number of benzene rings is 2. The van der Waals surface area contributed by atoms with Gasteiger partial charge in [0.1, 0.15) is 11.9 Å². The monoisotopic (exact) mass is 404 g/mol. The summed E-state index contributed by atoms with van der Waals surface area (Å²) in [5.41, 5.74) is 1.45. The number of carbonyl (C=O) groups excluding carboxylic acids is 2. The lowest BCUT2D eigenvalue weighted by atomic mass is 10.1. The third-order valence-corrected chi connectivity index (χ3v) is 5.10. The Kier molecular flexibility index (Phi) is 8.00. The Morgan fingerprint density at radius 3 is 2.36 bits per heavy atom. The van der Waals surface area contributed by atoms with Gasteiger partial charge in [-0.1, -0.05) is 48.9 Å². The van der Waals surface area contributed by atoms with Gasteiger partial charge in [-0.25, -0.2) is 4.39 Å². The van der Waals surface area contributed by atoms with Gasteiger partial charge in [-0.2, -0.15) is 0 Å². The molecule has 2 rings (SSSR count). The van der Waals surface area contributed by atoms with Crippen LogP contribution >= 0.6 is 11.6 Å². The molecular formula is C22H26ClFN2O2. The minimum absolute atomic E-state index is 0.0151. The molecule has 2 atom stereocenters. The molecule has 0 saturated carbocycles. The molecule has 0 saturated heterocycles. The largest absolute Gasteiger partial charge is 0.352 e. The highest BCUT2D eigenvalue weighted by Gasteiger charge is 2.27. The van der Waals surface area contributed by atoms with Crippen molar-refractivity contribution in [3.05, 3.63) is 70.5 Å². The topological polar surface area (TPSA) is 49.4 Å². The summed E-state index contributed by atoms with van der Waals surface area (Å²) in [7, 11) is 0. The minimum atomic E-state index is -0.672. The second-order valence-electron chi connectivity index (χ2n) is 6.91. The molecule has 4 nitrogen and oxygen atoms in total. The number of halogens is 2. The smallest absolute Gasteiger partial charge is 0.242 e. The van der Waals surface area contributed by atoms with E-state index in [0.29, 0.717) is 10.6 Å². The van der Waals surface area contributed by atoms with Crippen LogP contribution in [0, 0.1) is 5.82 Å². The van der Waals surface area contributed by atoms with Gasteiger partial charge in [0.05, 0.1) is 6.42 Å². The zero-order valence-corrected chi connectivity index (χ0v) is 17.2. The molecule has 1 N–H and O–H groups in total. The SMILES string of the molecule is CC[C@H](C)NC(=O)[C@@H](C)N(Cc1ccc(F)cc1)C(=O)Cc1ccccc1Cl. The first kappa shape index (κ1) is 21.9.